The van der Waals surface area contributed by atoms with Crippen molar-refractivity contribution in [3.05, 3.63) is 46.7 Å². The number of aromatic hydroxyl groups is 1. The molecule has 0 aromatic heterocycles. The zero-order chi connectivity index (χ0) is 22.8. The Labute approximate surface area is 188 Å². The zero-order valence-electron chi connectivity index (χ0n) is 18.9. The van der Waals surface area contributed by atoms with Crippen LogP contribution in [0.1, 0.15) is 41.3 Å². The van der Waals surface area contributed by atoms with Crippen molar-refractivity contribution in [3.63, 3.8) is 0 Å². The first kappa shape index (κ1) is 22.0. The van der Waals surface area contributed by atoms with E-state index < -0.39 is 0 Å². The van der Waals surface area contributed by atoms with E-state index in [-0.39, 0.29) is 17.3 Å². The average molecular weight is 440 g/mol. The van der Waals surface area contributed by atoms with E-state index in [0.717, 1.165) is 19.5 Å². The van der Waals surface area contributed by atoms with E-state index in [4.69, 9.17) is 18.9 Å². The van der Waals surface area contributed by atoms with Crippen LogP contribution in [0.2, 0.25) is 0 Å². The van der Waals surface area contributed by atoms with Crippen molar-refractivity contribution in [2.24, 2.45) is 5.92 Å². The Morgan fingerprint density at radius 3 is 2.50 bits per heavy atom. The van der Waals surface area contributed by atoms with Crippen molar-refractivity contribution in [3.8, 4) is 28.7 Å². The Morgan fingerprint density at radius 1 is 1.16 bits per heavy atom. The number of carbonyl (C=O) groups excluding carboxylic acids is 1. The molecule has 0 unspecified atom stereocenters. The number of ether oxygens (including phenoxy) is 4. The lowest BCUT2D eigenvalue weighted by atomic mass is 9.99. The van der Waals surface area contributed by atoms with Crippen molar-refractivity contribution in [2.75, 3.05) is 34.4 Å². The third-order valence-electron chi connectivity index (χ3n) is 6.02. The first-order valence-corrected chi connectivity index (χ1v) is 10.8. The fourth-order valence-corrected chi connectivity index (χ4v) is 4.44. The number of rotatable bonds is 6. The minimum absolute atomic E-state index is 0.142. The maximum Gasteiger partial charge on any atom is 0.231 e. The van der Waals surface area contributed by atoms with E-state index in [2.05, 4.69) is 11.8 Å². The number of fused-ring (bicyclic) bond motifs is 1. The molecule has 0 saturated carbocycles. The molecule has 4 rings (SSSR count). The van der Waals surface area contributed by atoms with Crippen LogP contribution in [0.5, 0.6) is 28.7 Å². The van der Waals surface area contributed by atoms with E-state index in [1.807, 2.05) is 0 Å². The summed E-state index contributed by atoms with van der Waals surface area (Å²) >= 11 is 0. The molecule has 7 heteroatoms. The van der Waals surface area contributed by atoms with Crippen LogP contribution in [0.3, 0.4) is 0 Å². The maximum absolute atomic E-state index is 13.1. The number of likely N-dealkylation sites (tertiary alicyclic amines) is 1. The standard InChI is InChI=1S/C25H29NO6/c1-15-6-5-9-26(13-15)14-18-19(27)8-7-17-23(28)20(32-24(17)18)10-16-11-21(29-2)25(31-4)22(12-16)30-3/h7-8,10-12,15,27H,5-6,9,13-14H2,1-4H3/b20-10-/t15-/m0/s1. The van der Waals surface area contributed by atoms with Crippen molar-refractivity contribution in [1.82, 2.24) is 4.90 Å². The minimum atomic E-state index is -0.220. The Hall–Kier alpha value is -3.19. The lowest BCUT2D eigenvalue weighted by Gasteiger charge is -2.31. The van der Waals surface area contributed by atoms with E-state index in [9.17, 15) is 9.90 Å². The Balaban J connectivity index is 1.67. The van der Waals surface area contributed by atoms with Crippen LogP contribution in [0, 0.1) is 5.92 Å². The molecular formula is C25H29NO6. The summed E-state index contributed by atoms with van der Waals surface area (Å²) in [5.41, 5.74) is 1.78. The number of phenolic OH excluding ortho intramolecular Hbond substituents is 1. The second kappa shape index (κ2) is 9.12. The van der Waals surface area contributed by atoms with Gasteiger partial charge in [-0.1, -0.05) is 6.92 Å². The molecule has 1 fully saturated rings. The van der Waals surface area contributed by atoms with Crippen LogP contribution in [0.4, 0.5) is 0 Å². The quantitative estimate of drug-likeness (QED) is 0.674. The highest BCUT2D eigenvalue weighted by molar-refractivity contribution is 6.15. The van der Waals surface area contributed by atoms with Gasteiger partial charge in [-0.15, -0.1) is 0 Å². The number of ketones is 1. The number of nitrogens with zero attached hydrogens (tertiary/aromatic N) is 1. The molecule has 2 aromatic rings. The molecule has 0 radical (unpaired) electrons. The Morgan fingerprint density at radius 2 is 1.88 bits per heavy atom. The topological polar surface area (TPSA) is 77.5 Å². The number of phenols is 1. The van der Waals surface area contributed by atoms with Crippen molar-refractivity contribution < 1.29 is 28.8 Å². The minimum Gasteiger partial charge on any atom is -0.507 e. The van der Waals surface area contributed by atoms with Gasteiger partial charge in [0.1, 0.15) is 11.5 Å². The summed E-state index contributed by atoms with van der Waals surface area (Å²) in [6.45, 7) is 4.71. The van der Waals surface area contributed by atoms with Gasteiger partial charge in [-0.3, -0.25) is 9.69 Å². The fourth-order valence-electron chi connectivity index (χ4n) is 4.44. The number of Topliss-reactive ketones (excluding diaryl/α,β-unsaturated/α-hetero) is 1. The second-order valence-corrected chi connectivity index (χ2v) is 8.32. The smallest absolute Gasteiger partial charge is 0.231 e. The van der Waals surface area contributed by atoms with E-state index in [1.165, 1.54) is 27.8 Å². The van der Waals surface area contributed by atoms with Crippen LogP contribution < -0.4 is 18.9 Å². The molecule has 2 aromatic carbocycles. The van der Waals surface area contributed by atoms with Crippen molar-refractivity contribution in [1.29, 1.82) is 0 Å². The van der Waals surface area contributed by atoms with Gasteiger partial charge >= 0.3 is 0 Å². The number of hydrogen-bond donors (Lipinski definition) is 1. The number of hydrogen-bond acceptors (Lipinski definition) is 7. The summed E-state index contributed by atoms with van der Waals surface area (Å²) in [6, 6.07) is 6.69. The van der Waals surface area contributed by atoms with Crippen molar-refractivity contribution in [2.45, 2.75) is 26.3 Å². The molecule has 1 atom stereocenters. The largest absolute Gasteiger partial charge is 0.507 e. The molecule has 0 spiro atoms. The number of benzene rings is 2. The highest BCUT2D eigenvalue weighted by Gasteiger charge is 2.32. The number of carbonyl (C=O) groups is 1. The highest BCUT2D eigenvalue weighted by atomic mass is 16.5. The van der Waals surface area contributed by atoms with Crippen LogP contribution in [0.15, 0.2) is 30.0 Å². The fraction of sp³-hybridized carbons (Fsp3) is 0.400. The summed E-state index contributed by atoms with van der Waals surface area (Å²) < 4.78 is 22.2. The van der Waals surface area contributed by atoms with Gasteiger partial charge in [-0.05, 0) is 61.2 Å². The molecule has 2 heterocycles. The third-order valence-corrected chi connectivity index (χ3v) is 6.02. The molecule has 0 aliphatic carbocycles. The average Bonchev–Trinajstić information content (AvgIpc) is 3.10. The lowest BCUT2D eigenvalue weighted by molar-refractivity contribution is 0.101. The lowest BCUT2D eigenvalue weighted by Crippen LogP contribution is -2.33. The molecular weight excluding hydrogens is 410 g/mol. The molecule has 2 aliphatic rings. The van der Waals surface area contributed by atoms with Gasteiger partial charge in [0.05, 0.1) is 32.5 Å². The van der Waals surface area contributed by atoms with Gasteiger partial charge in [-0.25, -0.2) is 0 Å². The molecule has 1 saturated heterocycles. The molecule has 170 valence electrons. The molecule has 7 nitrogen and oxygen atoms in total. The van der Waals surface area contributed by atoms with Gasteiger partial charge in [0.25, 0.3) is 0 Å². The molecule has 2 aliphatic heterocycles. The normalized spacial score (nSPS) is 19.6. The van der Waals surface area contributed by atoms with E-state index in [0.29, 0.717) is 52.2 Å². The first-order valence-electron chi connectivity index (χ1n) is 10.8. The summed E-state index contributed by atoms with van der Waals surface area (Å²) in [5, 5.41) is 10.5. The first-order chi connectivity index (χ1) is 15.4. The molecule has 0 amide bonds. The molecule has 32 heavy (non-hydrogen) atoms. The monoisotopic (exact) mass is 439 g/mol. The second-order valence-electron chi connectivity index (χ2n) is 8.32. The van der Waals surface area contributed by atoms with Gasteiger partial charge < -0.3 is 24.1 Å². The van der Waals surface area contributed by atoms with Gasteiger partial charge in [0, 0.05) is 13.1 Å². The zero-order valence-corrected chi connectivity index (χ0v) is 18.9. The number of methoxy groups -OCH3 is 3. The summed E-state index contributed by atoms with van der Waals surface area (Å²) in [6.07, 6.45) is 3.99. The van der Waals surface area contributed by atoms with Crippen molar-refractivity contribution >= 4 is 11.9 Å². The van der Waals surface area contributed by atoms with Gasteiger partial charge in [0.15, 0.2) is 17.3 Å². The van der Waals surface area contributed by atoms with Crippen LogP contribution in [-0.4, -0.2) is 50.2 Å². The predicted octanol–water partition coefficient (Wildman–Crippen LogP) is 4.27. The summed E-state index contributed by atoms with van der Waals surface area (Å²) in [5.74, 6) is 2.60. The third kappa shape index (κ3) is 4.12. The van der Waals surface area contributed by atoms with Crippen LogP contribution in [0.25, 0.3) is 6.08 Å². The summed E-state index contributed by atoms with van der Waals surface area (Å²) in [7, 11) is 4.62. The Bertz CT molecular complexity index is 1040. The number of piperidine rings is 1. The van der Waals surface area contributed by atoms with Gasteiger partial charge in [-0.2, -0.15) is 0 Å². The summed E-state index contributed by atoms with van der Waals surface area (Å²) in [4.78, 5) is 15.4. The highest BCUT2D eigenvalue weighted by Crippen LogP contribution is 2.42. The SMILES string of the molecule is COc1cc(/C=C2\Oc3c(ccc(O)c3CN3CCC[C@H](C)C3)C2=O)cc(OC)c1OC. The maximum atomic E-state index is 13.1. The molecule has 0 bridgehead atoms. The van der Waals surface area contributed by atoms with Gasteiger partial charge in [0.2, 0.25) is 11.5 Å². The number of allylic oxidation sites excluding steroid dienone is 1. The Kier molecular flexibility index (Phi) is 6.28. The molecule has 1 N–H and O–H groups in total. The van der Waals surface area contributed by atoms with Crippen LogP contribution in [-0.2, 0) is 6.54 Å². The van der Waals surface area contributed by atoms with Crippen LogP contribution >= 0.6 is 0 Å². The predicted molar refractivity (Wildman–Crippen MR) is 121 cm³/mol. The van der Waals surface area contributed by atoms with E-state index in [1.54, 1.807) is 30.3 Å². The van der Waals surface area contributed by atoms with E-state index >= 15 is 0 Å².